The summed E-state index contributed by atoms with van der Waals surface area (Å²) in [4.78, 5) is 34.3. The third kappa shape index (κ3) is 5.22. The number of methoxy groups -OCH3 is 1. The Morgan fingerprint density at radius 2 is 1.80 bits per heavy atom. The number of hydrogen-bond donors (Lipinski definition) is 1. The lowest BCUT2D eigenvalue weighted by Crippen LogP contribution is -2.32. The summed E-state index contributed by atoms with van der Waals surface area (Å²) in [6.45, 7) is 3.72. The molecular weight excluding hydrogens is 535 g/mol. The molecule has 204 valence electrons. The number of benzene rings is 2. The van der Waals surface area contributed by atoms with E-state index in [2.05, 4.69) is 30.2 Å². The summed E-state index contributed by atoms with van der Waals surface area (Å²) in [5, 5.41) is 3.31. The zero-order valence-corrected chi connectivity index (χ0v) is 22.8. The summed E-state index contributed by atoms with van der Waals surface area (Å²) in [6, 6.07) is 6.94. The Morgan fingerprint density at radius 3 is 2.60 bits per heavy atom. The first-order valence-electron chi connectivity index (χ1n) is 12.7. The Labute approximate surface area is 232 Å². The van der Waals surface area contributed by atoms with E-state index in [-0.39, 0.29) is 5.75 Å². The van der Waals surface area contributed by atoms with E-state index < -0.39 is 24.1 Å². The number of carbonyl (C=O) groups is 1. The second kappa shape index (κ2) is 10.6. The number of aromatic nitrogens is 5. The fourth-order valence-electron chi connectivity index (χ4n) is 4.71. The first kappa shape index (κ1) is 25.8. The second-order valence-corrected chi connectivity index (χ2v) is 10.6. The van der Waals surface area contributed by atoms with Crippen molar-refractivity contribution in [3.63, 3.8) is 0 Å². The van der Waals surface area contributed by atoms with Gasteiger partial charge in [0.05, 0.1) is 52.6 Å². The molecule has 10 nitrogen and oxygen atoms in total. The van der Waals surface area contributed by atoms with Gasteiger partial charge in [-0.05, 0) is 50.8 Å². The molecule has 0 bridgehead atoms. The van der Waals surface area contributed by atoms with Gasteiger partial charge in [-0.2, -0.15) is 0 Å². The maximum Gasteiger partial charge on any atom is 0.412 e. The van der Waals surface area contributed by atoms with E-state index in [1.165, 1.54) is 29.8 Å². The van der Waals surface area contributed by atoms with Gasteiger partial charge in [0.2, 0.25) is 5.88 Å². The monoisotopic (exact) mass is 560 g/mol. The number of halogens is 1. The Bertz CT molecular complexity index is 1730. The van der Waals surface area contributed by atoms with Gasteiger partial charge in [0.15, 0.2) is 11.6 Å². The van der Waals surface area contributed by atoms with Gasteiger partial charge < -0.3 is 14.2 Å². The molecule has 1 N–H and O–H groups in total. The van der Waals surface area contributed by atoms with Crippen LogP contribution >= 0.6 is 11.3 Å². The molecular formula is C28H25FN6O4S. The van der Waals surface area contributed by atoms with Crippen LogP contribution in [0.2, 0.25) is 0 Å². The molecule has 40 heavy (non-hydrogen) atoms. The lowest BCUT2D eigenvalue weighted by Gasteiger charge is -2.22. The van der Waals surface area contributed by atoms with Crippen LogP contribution in [0, 0.1) is 19.7 Å². The molecule has 1 amide bonds. The molecule has 0 saturated heterocycles. The SMILES string of the molecule is COc1cnc2c(-c3nc4cc(F)c(O[C@H]5CCC[C@H]5OC(=O)Nc5cnc(C)nc5)cc4s3)cc(C)cc2n1. The molecule has 0 unspecified atom stereocenters. The number of carbonyl (C=O) groups excluding carboxylic acids is 1. The Morgan fingerprint density at radius 1 is 1.00 bits per heavy atom. The highest BCUT2D eigenvalue weighted by atomic mass is 32.1. The number of amides is 1. The van der Waals surface area contributed by atoms with Crippen molar-refractivity contribution in [3.8, 4) is 22.2 Å². The first-order chi connectivity index (χ1) is 19.4. The highest BCUT2D eigenvalue weighted by Crippen LogP contribution is 2.38. The molecule has 12 heteroatoms. The second-order valence-electron chi connectivity index (χ2n) is 9.54. The zero-order chi connectivity index (χ0) is 27.8. The molecule has 1 saturated carbocycles. The van der Waals surface area contributed by atoms with Gasteiger partial charge >= 0.3 is 6.09 Å². The highest BCUT2D eigenvalue weighted by molar-refractivity contribution is 7.21. The van der Waals surface area contributed by atoms with Gasteiger partial charge in [-0.1, -0.05) is 0 Å². The molecule has 2 atom stereocenters. The minimum absolute atomic E-state index is 0.0918. The van der Waals surface area contributed by atoms with Crippen LogP contribution in [0.3, 0.4) is 0 Å². The number of rotatable bonds is 6. The molecule has 6 rings (SSSR count). The van der Waals surface area contributed by atoms with Crippen LogP contribution in [0.5, 0.6) is 11.6 Å². The van der Waals surface area contributed by atoms with Crippen LogP contribution in [-0.2, 0) is 4.74 Å². The topological polar surface area (TPSA) is 121 Å². The largest absolute Gasteiger partial charge is 0.483 e. The van der Waals surface area contributed by atoms with E-state index in [4.69, 9.17) is 14.2 Å². The Kier molecular flexibility index (Phi) is 6.84. The lowest BCUT2D eigenvalue weighted by molar-refractivity contribution is 0.0400. The summed E-state index contributed by atoms with van der Waals surface area (Å²) in [5.41, 5.74) is 4.11. The Balaban J connectivity index is 1.23. The highest BCUT2D eigenvalue weighted by Gasteiger charge is 2.33. The van der Waals surface area contributed by atoms with Crippen molar-refractivity contribution in [2.75, 3.05) is 12.4 Å². The van der Waals surface area contributed by atoms with Crippen LogP contribution in [0.1, 0.15) is 30.7 Å². The van der Waals surface area contributed by atoms with Crippen molar-refractivity contribution in [2.24, 2.45) is 0 Å². The predicted octanol–water partition coefficient (Wildman–Crippen LogP) is 6.01. The summed E-state index contributed by atoms with van der Waals surface area (Å²) in [7, 11) is 1.55. The van der Waals surface area contributed by atoms with E-state index >= 15 is 4.39 Å². The van der Waals surface area contributed by atoms with Gasteiger partial charge in [-0.25, -0.2) is 34.1 Å². The van der Waals surface area contributed by atoms with Gasteiger partial charge in [0, 0.05) is 17.7 Å². The summed E-state index contributed by atoms with van der Waals surface area (Å²) >= 11 is 1.41. The standard InChI is InChI=1S/C28H25FN6O4S/c1-14-7-17(26-20(8-14)34-25(37-3)13-32-26)27-35-19-9-18(29)23(10-24(19)40-27)38-21-5-4-6-22(21)39-28(36)33-16-11-30-15(2)31-12-16/h7-13,21-22H,4-6H2,1-3H3,(H,33,36)/t21-,22+/m0/s1. The normalized spacial score (nSPS) is 16.8. The van der Waals surface area contributed by atoms with Crippen LogP contribution in [0.25, 0.3) is 31.8 Å². The van der Waals surface area contributed by atoms with Crippen molar-refractivity contribution in [2.45, 2.75) is 45.3 Å². The van der Waals surface area contributed by atoms with Crippen LogP contribution in [-0.4, -0.2) is 50.3 Å². The summed E-state index contributed by atoms with van der Waals surface area (Å²) in [6.07, 6.45) is 4.97. The fourth-order valence-corrected chi connectivity index (χ4v) is 5.70. The molecule has 1 aliphatic rings. The zero-order valence-electron chi connectivity index (χ0n) is 22.0. The van der Waals surface area contributed by atoms with Crippen molar-refractivity contribution in [3.05, 3.63) is 60.1 Å². The number of ether oxygens (including phenoxy) is 3. The third-order valence-corrected chi connectivity index (χ3v) is 7.66. The summed E-state index contributed by atoms with van der Waals surface area (Å²) in [5.74, 6) is 0.578. The number of anilines is 1. The third-order valence-electron chi connectivity index (χ3n) is 6.61. The number of thiazole rings is 1. The molecule has 0 aliphatic heterocycles. The maximum atomic E-state index is 15.2. The fraction of sp³-hybridized carbons (Fsp3) is 0.286. The van der Waals surface area contributed by atoms with Gasteiger partial charge in [-0.15, -0.1) is 11.3 Å². The van der Waals surface area contributed by atoms with Crippen molar-refractivity contribution < 1.29 is 23.4 Å². The average molecular weight is 561 g/mol. The predicted molar refractivity (Wildman–Crippen MR) is 148 cm³/mol. The molecule has 1 aliphatic carbocycles. The van der Waals surface area contributed by atoms with Crippen LogP contribution in [0.4, 0.5) is 14.9 Å². The number of aryl methyl sites for hydroxylation is 2. The smallest absolute Gasteiger partial charge is 0.412 e. The lowest BCUT2D eigenvalue weighted by atomic mass is 10.1. The van der Waals surface area contributed by atoms with Crippen LogP contribution in [0.15, 0.2) is 42.9 Å². The van der Waals surface area contributed by atoms with E-state index in [9.17, 15) is 4.79 Å². The average Bonchev–Trinajstić information content (AvgIpc) is 3.55. The molecule has 5 aromatic rings. The molecule has 0 spiro atoms. The minimum atomic E-state index is -0.637. The number of nitrogens with zero attached hydrogens (tertiary/aromatic N) is 5. The molecule has 2 aromatic carbocycles. The molecule has 3 aromatic heterocycles. The number of fused-ring (bicyclic) bond motifs is 2. The number of hydrogen-bond acceptors (Lipinski definition) is 10. The minimum Gasteiger partial charge on any atom is -0.483 e. The quantitative estimate of drug-likeness (QED) is 0.266. The van der Waals surface area contributed by atoms with Crippen molar-refractivity contribution in [1.82, 2.24) is 24.9 Å². The van der Waals surface area contributed by atoms with E-state index in [1.807, 2.05) is 19.1 Å². The first-order valence-corrected chi connectivity index (χ1v) is 13.5. The van der Waals surface area contributed by atoms with Crippen molar-refractivity contribution >= 4 is 44.4 Å². The van der Waals surface area contributed by atoms with Gasteiger partial charge in [0.1, 0.15) is 23.0 Å². The Hall–Kier alpha value is -4.45. The van der Waals surface area contributed by atoms with E-state index in [1.54, 1.807) is 26.3 Å². The molecule has 0 radical (unpaired) electrons. The van der Waals surface area contributed by atoms with Crippen LogP contribution < -0.4 is 14.8 Å². The molecule has 3 heterocycles. The van der Waals surface area contributed by atoms with Gasteiger partial charge in [-0.3, -0.25) is 5.32 Å². The van der Waals surface area contributed by atoms with Crippen molar-refractivity contribution in [1.29, 1.82) is 0 Å². The van der Waals surface area contributed by atoms with E-state index in [0.717, 1.165) is 22.2 Å². The van der Waals surface area contributed by atoms with Gasteiger partial charge in [0.25, 0.3) is 0 Å². The number of nitrogens with one attached hydrogen (secondary N) is 1. The van der Waals surface area contributed by atoms with E-state index in [0.29, 0.717) is 51.8 Å². The molecule has 1 fully saturated rings. The summed E-state index contributed by atoms with van der Waals surface area (Å²) < 4.78 is 32.8. The maximum absolute atomic E-state index is 15.2.